The lowest BCUT2D eigenvalue weighted by Crippen LogP contribution is -2.54. The molecule has 1 fully saturated rings. The topological polar surface area (TPSA) is 171 Å². The molecule has 0 amide bonds. The Bertz CT molecular complexity index is 1100. The first-order chi connectivity index (χ1) is 14.2. The van der Waals surface area contributed by atoms with Gasteiger partial charge in [-0.25, -0.2) is 4.42 Å². The van der Waals surface area contributed by atoms with E-state index in [9.17, 15) is 35.7 Å². The zero-order valence-electron chi connectivity index (χ0n) is 15.3. The van der Waals surface area contributed by atoms with Crippen molar-refractivity contribution in [3.8, 4) is 40.1 Å². The normalized spacial score (nSPS) is 24.1. The third-order valence-electron chi connectivity index (χ3n) is 4.75. The summed E-state index contributed by atoms with van der Waals surface area (Å²) < 4.78 is 16.7. The Morgan fingerprint density at radius 2 is 1.63 bits per heavy atom. The van der Waals surface area contributed by atoms with Crippen LogP contribution in [-0.2, 0) is 4.74 Å². The molecule has 2 aromatic carbocycles. The second-order valence-electron chi connectivity index (χ2n) is 6.89. The van der Waals surface area contributed by atoms with Gasteiger partial charge in [-0.15, -0.1) is 0 Å². The van der Waals surface area contributed by atoms with Crippen molar-refractivity contribution in [3.63, 3.8) is 0 Å². The van der Waals surface area contributed by atoms with Gasteiger partial charge in [0.15, 0.2) is 11.5 Å². The van der Waals surface area contributed by atoms with Crippen molar-refractivity contribution in [1.29, 1.82) is 0 Å². The fourth-order valence-electron chi connectivity index (χ4n) is 3.15. The number of fused-ring (bicyclic) bond motifs is 1. The van der Waals surface area contributed by atoms with Crippen LogP contribution in [0, 0.1) is 0 Å². The van der Waals surface area contributed by atoms with Crippen LogP contribution in [0.4, 0.5) is 0 Å². The Hall–Kier alpha value is -3.31. The first-order valence-corrected chi connectivity index (χ1v) is 8.92. The maximum Gasteiger partial charge on any atom is 0.402 e. The smallest absolute Gasteiger partial charge is 0.402 e. The van der Waals surface area contributed by atoms with Gasteiger partial charge in [0.05, 0.1) is 18.2 Å². The number of hydrogen-bond acceptors (Lipinski definition) is 9. The van der Waals surface area contributed by atoms with Gasteiger partial charge in [0.1, 0.15) is 35.2 Å². The summed E-state index contributed by atoms with van der Waals surface area (Å²) in [7, 11) is 0. The van der Waals surface area contributed by atoms with Gasteiger partial charge >= 0.3 is 11.3 Å². The highest BCUT2D eigenvalue weighted by molar-refractivity contribution is 5.88. The van der Waals surface area contributed by atoms with E-state index in [1.165, 1.54) is 30.3 Å². The summed E-state index contributed by atoms with van der Waals surface area (Å²) in [5, 5.41) is 69.1. The van der Waals surface area contributed by atoms with Crippen LogP contribution in [0.25, 0.3) is 22.3 Å². The van der Waals surface area contributed by atoms with E-state index in [0.717, 1.165) is 6.07 Å². The molecule has 4 rings (SSSR count). The minimum Gasteiger partial charge on any atom is -0.507 e. The molecule has 30 heavy (non-hydrogen) atoms. The molecule has 158 valence electrons. The first kappa shape index (κ1) is 20.0. The molecule has 2 heterocycles. The summed E-state index contributed by atoms with van der Waals surface area (Å²) in [6, 6.07) is 7.56. The monoisotopic (exact) mass is 419 g/mol. The Morgan fingerprint density at radius 1 is 0.867 bits per heavy atom. The summed E-state index contributed by atoms with van der Waals surface area (Å²) >= 11 is 0. The lowest BCUT2D eigenvalue weighted by molar-refractivity contribution is -0.242. The SMILES string of the molecule is Oc1cc(O)c2cc(O[C@@H]3OC[C@H](O)C(O)C3O)c(-c3ccc(O)c(O)c3)[o+]c2c1. The number of rotatable bonds is 3. The van der Waals surface area contributed by atoms with Crippen LogP contribution in [0.2, 0.25) is 0 Å². The molecule has 0 spiro atoms. The Kier molecular flexibility index (Phi) is 5.00. The summed E-state index contributed by atoms with van der Waals surface area (Å²) in [4.78, 5) is 0. The number of phenolic OH excluding ortho intramolecular Hbond substituents is 4. The van der Waals surface area contributed by atoms with Gasteiger partial charge in [0, 0.05) is 18.2 Å². The Morgan fingerprint density at radius 3 is 2.37 bits per heavy atom. The summed E-state index contributed by atoms with van der Waals surface area (Å²) in [5.74, 6) is -1.37. The number of ether oxygens (including phenoxy) is 2. The van der Waals surface area contributed by atoms with Crippen molar-refractivity contribution in [3.05, 3.63) is 36.4 Å². The lowest BCUT2D eigenvalue weighted by Gasteiger charge is -2.34. The van der Waals surface area contributed by atoms with E-state index >= 15 is 0 Å². The standard InChI is InChI=1S/C20H18O10/c21-9-4-12(23)10-6-16(30-20-18(27)17(26)14(25)7-28-20)19(29-15(10)5-9)8-1-2-11(22)13(24)3-8/h1-6,14,17-18,20,25-27H,7H2,(H3-,21,22,23,24)/p+1/t14-,17?,18?,20-/m0/s1. The van der Waals surface area contributed by atoms with Gasteiger partial charge in [-0.05, 0) is 12.1 Å². The molecule has 10 nitrogen and oxygen atoms in total. The number of benzene rings is 2. The van der Waals surface area contributed by atoms with Crippen LogP contribution in [0.1, 0.15) is 0 Å². The molecule has 1 aliphatic rings. The van der Waals surface area contributed by atoms with E-state index in [0.29, 0.717) is 0 Å². The highest BCUT2D eigenvalue weighted by Gasteiger charge is 2.40. The minimum absolute atomic E-state index is 0.0132. The zero-order valence-corrected chi connectivity index (χ0v) is 15.3. The van der Waals surface area contributed by atoms with E-state index in [1.54, 1.807) is 0 Å². The molecule has 2 unspecified atom stereocenters. The summed E-state index contributed by atoms with van der Waals surface area (Å²) in [5.41, 5.74) is 0.346. The predicted octanol–water partition coefficient (Wildman–Crippen LogP) is 1.02. The number of aromatic hydroxyl groups is 4. The van der Waals surface area contributed by atoms with Crippen LogP contribution in [0.15, 0.2) is 40.8 Å². The van der Waals surface area contributed by atoms with Gasteiger partial charge in [0.2, 0.25) is 12.0 Å². The van der Waals surface area contributed by atoms with E-state index in [2.05, 4.69) is 0 Å². The fraction of sp³-hybridized carbons (Fsp3) is 0.250. The van der Waals surface area contributed by atoms with E-state index in [1.807, 2.05) is 0 Å². The van der Waals surface area contributed by atoms with Gasteiger partial charge in [-0.3, -0.25) is 0 Å². The molecular formula is C20H19O10+. The molecule has 1 aromatic heterocycles. The summed E-state index contributed by atoms with van der Waals surface area (Å²) in [6.45, 7) is -0.290. The third-order valence-corrected chi connectivity index (χ3v) is 4.75. The fourth-order valence-corrected chi connectivity index (χ4v) is 3.15. The molecule has 0 saturated carbocycles. The van der Waals surface area contributed by atoms with Gasteiger partial charge in [0.25, 0.3) is 0 Å². The average molecular weight is 419 g/mol. The van der Waals surface area contributed by atoms with Gasteiger partial charge in [-0.1, -0.05) is 0 Å². The molecule has 7 N–H and O–H groups in total. The van der Waals surface area contributed by atoms with Crippen molar-refractivity contribution < 1.29 is 49.6 Å². The molecule has 1 saturated heterocycles. The lowest BCUT2D eigenvalue weighted by atomic mass is 10.1. The van der Waals surface area contributed by atoms with Crippen molar-refractivity contribution in [2.24, 2.45) is 0 Å². The average Bonchev–Trinajstić information content (AvgIpc) is 2.70. The minimum atomic E-state index is -1.58. The first-order valence-electron chi connectivity index (χ1n) is 8.92. The quantitative estimate of drug-likeness (QED) is 0.240. The molecule has 10 heteroatoms. The van der Waals surface area contributed by atoms with E-state index in [-0.39, 0.29) is 51.9 Å². The maximum atomic E-state index is 10.2. The number of phenols is 4. The number of aliphatic hydroxyl groups excluding tert-OH is 3. The zero-order chi connectivity index (χ0) is 21.6. The maximum absolute atomic E-state index is 10.2. The second-order valence-corrected chi connectivity index (χ2v) is 6.89. The Balaban J connectivity index is 1.84. The van der Waals surface area contributed by atoms with Gasteiger partial charge in [-0.2, -0.15) is 0 Å². The van der Waals surface area contributed by atoms with Crippen LogP contribution >= 0.6 is 0 Å². The molecular weight excluding hydrogens is 400 g/mol. The van der Waals surface area contributed by atoms with E-state index in [4.69, 9.17) is 13.9 Å². The van der Waals surface area contributed by atoms with Gasteiger partial charge < -0.3 is 45.2 Å². The van der Waals surface area contributed by atoms with Crippen molar-refractivity contribution in [1.82, 2.24) is 0 Å². The molecule has 4 atom stereocenters. The predicted molar refractivity (Wildman–Crippen MR) is 101 cm³/mol. The highest BCUT2D eigenvalue weighted by Crippen LogP contribution is 2.41. The van der Waals surface area contributed by atoms with Crippen LogP contribution in [0.3, 0.4) is 0 Å². The second kappa shape index (κ2) is 7.50. The van der Waals surface area contributed by atoms with Crippen molar-refractivity contribution in [2.45, 2.75) is 24.6 Å². The molecule has 3 aromatic rings. The molecule has 0 radical (unpaired) electrons. The van der Waals surface area contributed by atoms with Crippen LogP contribution in [0.5, 0.6) is 28.7 Å². The third kappa shape index (κ3) is 3.53. The largest absolute Gasteiger partial charge is 0.507 e. The van der Waals surface area contributed by atoms with Crippen molar-refractivity contribution >= 4 is 11.0 Å². The Labute approximate surface area is 169 Å². The number of hydrogen-bond donors (Lipinski definition) is 7. The highest BCUT2D eigenvalue weighted by atomic mass is 16.7. The molecule has 0 bridgehead atoms. The van der Waals surface area contributed by atoms with E-state index < -0.39 is 30.4 Å². The number of aliphatic hydroxyl groups is 3. The molecule has 0 aliphatic carbocycles. The molecule has 1 aliphatic heterocycles. The van der Waals surface area contributed by atoms with Crippen LogP contribution < -0.4 is 4.74 Å². The van der Waals surface area contributed by atoms with Crippen LogP contribution in [-0.4, -0.2) is 67.0 Å². The summed E-state index contributed by atoms with van der Waals surface area (Å²) in [6.07, 6.45) is -5.76. The van der Waals surface area contributed by atoms with Crippen molar-refractivity contribution in [2.75, 3.05) is 6.61 Å².